The van der Waals surface area contributed by atoms with Crippen molar-refractivity contribution in [1.82, 2.24) is 20.9 Å². The molecule has 3 N–H and O–H groups in total. The maximum atomic E-state index is 13.6. The summed E-state index contributed by atoms with van der Waals surface area (Å²) in [6.45, 7) is 19.1. The predicted molar refractivity (Wildman–Crippen MR) is 179 cm³/mol. The highest BCUT2D eigenvalue weighted by molar-refractivity contribution is 6.38. The first kappa shape index (κ1) is 46.4. The minimum absolute atomic E-state index is 0.174. The average Bonchev–Trinajstić information content (AvgIpc) is 3.46. The van der Waals surface area contributed by atoms with Crippen LogP contribution in [-0.2, 0) is 23.9 Å². The third-order valence-corrected chi connectivity index (χ3v) is 7.81. The van der Waals surface area contributed by atoms with E-state index in [0.29, 0.717) is 32.6 Å². The molecule has 47 heavy (non-hydrogen) atoms. The summed E-state index contributed by atoms with van der Waals surface area (Å²) in [7, 11) is 1.93. The predicted octanol–water partition coefficient (Wildman–Crippen LogP) is 6.35. The maximum Gasteiger partial charge on any atom is 0.427 e. The molecule has 276 valence electrons. The Kier molecular flexibility index (Phi) is 21.8. The Hall–Kier alpha value is -2.70. The first-order valence-corrected chi connectivity index (χ1v) is 16.9. The number of ether oxygens (including phenoxy) is 1. The van der Waals surface area contributed by atoms with Crippen molar-refractivity contribution >= 4 is 29.5 Å². The average molecular weight is 681 g/mol. The quantitative estimate of drug-likeness (QED) is 0.182. The van der Waals surface area contributed by atoms with E-state index in [4.69, 9.17) is 0 Å². The van der Waals surface area contributed by atoms with Gasteiger partial charge in [-0.05, 0) is 64.5 Å². The number of unbranched alkanes of at least 4 members (excludes halogenated alkanes) is 1. The number of carbonyl (C=O) groups excluding carboxylic acids is 5. The highest BCUT2D eigenvalue weighted by Crippen LogP contribution is 2.33. The number of hydrogen-bond donors (Lipinski definition) is 3. The molecule has 4 unspecified atom stereocenters. The second-order valence-electron chi connectivity index (χ2n) is 13.7. The number of Topliss-reactive ketones (excluding diaryl/α,β-unsaturated/α-hetero) is 2. The molecule has 3 amide bonds. The lowest BCUT2D eigenvalue weighted by molar-refractivity contribution is -0.244. The van der Waals surface area contributed by atoms with Gasteiger partial charge in [-0.25, -0.2) is 4.79 Å². The summed E-state index contributed by atoms with van der Waals surface area (Å²) >= 11 is 0. The normalized spacial score (nSPS) is 16.7. The van der Waals surface area contributed by atoms with Gasteiger partial charge in [-0.2, -0.15) is 13.2 Å². The van der Waals surface area contributed by atoms with Gasteiger partial charge < -0.3 is 25.6 Å². The minimum atomic E-state index is -4.83. The van der Waals surface area contributed by atoms with Gasteiger partial charge in [0.25, 0.3) is 0 Å². The second kappa shape index (κ2) is 22.0. The zero-order valence-electron chi connectivity index (χ0n) is 30.9. The summed E-state index contributed by atoms with van der Waals surface area (Å²) in [6, 6.07) is -3.29. The Morgan fingerprint density at radius 2 is 1.40 bits per heavy atom. The summed E-state index contributed by atoms with van der Waals surface area (Å²) in [5.41, 5.74) is -3.73. The van der Waals surface area contributed by atoms with E-state index in [1.807, 2.05) is 20.9 Å². The summed E-state index contributed by atoms with van der Waals surface area (Å²) in [5.74, 6) is -2.36. The SMILES string of the molecule is CCCC.CCCC(C)CCC(NC(=O)C1CCCN1C(=O)C(NC(=O)OC(C)(C)C(F)(F)F)C(C)(C)C)C(=O)C(C)=O.CCNC. The molecule has 10 nitrogen and oxygen atoms in total. The number of likely N-dealkylation sites (tertiary alicyclic amines) is 1. The number of hydrogen-bond acceptors (Lipinski definition) is 7. The molecule has 1 rings (SSSR count). The number of alkyl halides is 3. The lowest BCUT2D eigenvalue weighted by Crippen LogP contribution is -2.59. The van der Waals surface area contributed by atoms with E-state index in [1.165, 1.54) is 17.7 Å². The van der Waals surface area contributed by atoms with Gasteiger partial charge >= 0.3 is 12.3 Å². The molecule has 13 heteroatoms. The van der Waals surface area contributed by atoms with E-state index < -0.39 is 64.8 Å². The Labute approximate surface area is 281 Å². The number of nitrogens with one attached hydrogen (secondary N) is 3. The van der Waals surface area contributed by atoms with Crippen LogP contribution in [0.25, 0.3) is 0 Å². The fourth-order valence-electron chi connectivity index (χ4n) is 4.42. The number of carbonyl (C=O) groups is 5. The molecule has 0 bridgehead atoms. The molecule has 4 atom stereocenters. The van der Waals surface area contributed by atoms with E-state index >= 15 is 0 Å². The Balaban J connectivity index is 0. The van der Waals surface area contributed by atoms with Gasteiger partial charge in [0.1, 0.15) is 12.1 Å². The number of alkyl carbamates (subject to hydrolysis) is 1. The Morgan fingerprint density at radius 3 is 1.81 bits per heavy atom. The van der Waals surface area contributed by atoms with Crippen molar-refractivity contribution in [3.8, 4) is 0 Å². The highest BCUT2D eigenvalue weighted by atomic mass is 19.4. The van der Waals surface area contributed by atoms with Crippen LogP contribution >= 0.6 is 0 Å². The van der Waals surface area contributed by atoms with Gasteiger partial charge in [0.15, 0.2) is 5.78 Å². The van der Waals surface area contributed by atoms with Crippen molar-refractivity contribution in [2.75, 3.05) is 20.1 Å². The molecular weight excluding hydrogens is 617 g/mol. The molecular formula is C34H63F3N4O6. The van der Waals surface area contributed by atoms with Crippen molar-refractivity contribution < 1.29 is 41.9 Å². The second-order valence-corrected chi connectivity index (χ2v) is 13.7. The first-order valence-electron chi connectivity index (χ1n) is 16.9. The van der Waals surface area contributed by atoms with Crippen LogP contribution in [0.3, 0.4) is 0 Å². The van der Waals surface area contributed by atoms with Gasteiger partial charge in [0, 0.05) is 13.5 Å². The van der Waals surface area contributed by atoms with Crippen molar-refractivity contribution in [2.24, 2.45) is 11.3 Å². The van der Waals surface area contributed by atoms with Crippen molar-refractivity contribution in [3.63, 3.8) is 0 Å². The summed E-state index contributed by atoms with van der Waals surface area (Å²) in [6.07, 6.45) is -0.0638. The number of halogens is 3. The zero-order valence-corrected chi connectivity index (χ0v) is 30.9. The van der Waals surface area contributed by atoms with E-state index in [1.54, 1.807) is 20.8 Å². The molecule has 0 aromatic rings. The highest BCUT2D eigenvalue weighted by Gasteiger charge is 2.51. The molecule has 0 spiro atoms. The third kappa shape index (κ3) is 17.3. The lowest BCUT2D eigenvalue weighted by atomic mass is 9.85. The molecule has 1 fully saturated rings. The van der Waals surface area contributed by atoms with E-state index in [-0.39, 0.29) is 19.4 Å². The molecule has 0 radical (unpaired) electrons. The van der Waals surface area contributed by atoms with Crippen LogP contribution in [0.15, 0.2) is 0 Å². The lowest BCUT2D eigenvalue weighted by Gasteiger charge is -2.36. The molecule has 0 aromatic carbocycles. The standard InChI is InChI=1S/C27H44F3N3O6.C4H10.C3H9N/c1-9-11-16(2)13-14-18(20(35)17(3)34)31-22(36)19-12-10-15-33(19)23(37)21(25(4,5)6)32-24(38)39-26(7,8)27(28,29)30;2*1-3-4-2/h16,18-19,21H,9-15H2,1-8H3,(H,31,36)(H,32,38);3-4H2,1-2H3;4H,3H2,1-2H3. The number of nitrogens with zero attached hydrogens (tertiary/aromatic N) is 1. The maximum absolute atomic E-state index is 13.6. The van der Waals surface area contributed by atoms with Crippen LogP contribution in [0.5, 0.6) is 0 Å². The van der Waals surface area contributed by atoms with Crippen molar-refractivity contribution in [2.45, 2.75) is 157 Å². The van der Waals surface area contributed by atoms with Gasteiger partial charge in [0.05, 0.1) is 6.04 Å². The number of rotatable bonds is 14. The first-order chi connectivity index (χ1) is 21.6. The van der Waals surface area contributed by atoms with Crippen LogP contribution in [0.1, 0.15) is 128 Å². The largest absolute Gasteiger partial charge is 0.434 e. The molecule has 1 aliphatic rings. The van der Waals surface area contributed by atoms with Crippen LogP contribution in [0.4, 0.5) is 18.0 Å². The van der Waals surface area contributed by atoms with Gasteiger partial charge in [-0.1, -0.05) is 81.1 Å². The summed E-state index contributed by atoms with van der Waals surface area (Å²) in [5, 5.41) is 7.84. The number of amides is 3. The molecule has 1 aliphatic heterocycles. The van der Waals surface area contributed by atoms with Gasteiger partial charge in [-0.3, -0.25) is 19.2 Å². The van der Waals surface area contributed by atoms with Crippen LogP contribution in [0, 0.1) is 11.3 Å². The Morgan fingerprint density at radius 1 is 0.872 bits per heavy atom. The van der Waals surface area contributed by atoms with Crippen LogP contribution in [0.2, 0.25) is 0 Å². The monoisotopic (exact) mass is 680 g/mol. The van der Waals surface area contributed by atoms with Crippen LogP contribution in [-0.4, -0.2) is 84.4 Å². The van der Waals surface area contributed by atoms with Gasteiger partial charge in [0.2, 0.25) is 23.2 Å². The van der Waals surface area contributed by atoms with Crippen molar-refractivity contribution in [3.05, 3.63) is 0 Å². The van der Waals surface area contributed by atoms with E-state index in [2.05, 4.69) is 41.5 Å². The molecule has 1 heterocycles. The summed E-state index contributed by atoms with van der Waals surface area (Å²) < 4.78 is 44.1. The van der Waals surface area contributed by atoms with Crippen molar-refractivity contribution in [1.29, 1.82) is 0 Å². The Bertz CT molecular complexity index is 974. The fraction of sp³-hybridized carbons (Fsp3) is 0.853. The van der Waals surface area contributed by atoms with Crippen LogP contribution < -0.4 is 16.0 Å². The molecule has 0 aromatic heterocycles. The van der Waals surface area contributed by atoms with E-state index in [0.717, 1.165) is 26.3 Å². The topological polar surface area (TPSA) is 134 Å². The minimum Gasteiger partial charge on any atom is -0.434 e. The molecule has 1 saturated heterocycles. The molecule has 0 aliphatic carbocycles. The zero-order chi connectivity index (χ0) is 37.2. The smallest absolute Gasteiger partial charge is 0.427 e. The van der Waals surface area contributed by atoms with E-state index in [9.17, 15) is 37.1 Å². The summed E-state index contributed by atoms with van der Waals surface area (Å²) in [4.78, 5) is 64.8. The fourth-order valence-corrected chi connectivity index (χ4v) is 4.42. The number of ketones is 2. The van der Waals surface area contributed by atoms with Gasteiger partial charge in [-0.15, -0.1) is 0 Å². The molecule has 0 saturated carbocycles. The third-order valence-electron chi connectivity index (χ3n) is 7.81.